The monoisotopic (exact) mass is 727 g/mol. The molecule has 4 aromatic heterocycles. The highest BCUT2D eigenvalue weighted by molar-refractivity contribution is 5.89. The van der Waals surface area contributed by atoms with E-state index in [9.17, 15) is 18.7 Å². The third-order valence-corrected chi connectivity index (χ3v) is 7.58. The summed E-state index contributed by atoms with van der Waals surface area (Å²) in [5.41, 5.74) is 11.5. The number of esters is 1. The van der Waals surface area contributed by atoms with Crippen molar-refractivity contribution in [3.8, 4) is 0 Å². The molecule has 6 heterocycles. The average molecular weight is 728 g/mol. The van der Waals surface area contributed by atoms with Crippen LogP contribution in [0.15, 0.2) is 43.0 Å². The molecule has 2 saturated heterocycles. The number of anilines is 2. The summed E-state index contributed by atoms with van der Waals surface area (Å²) in [7, 11) is 1.00. The summed E-state index contributed by atoms with van der Waals surface area (Å²) in [6.45, 7) is 0.906. The van der Waals surface area contributed by atoms with Crippen molar-refractivity contribution in [1.29, 1.82) is 0 Å². The fourth-order valence-corrected chi connectivity index (χ4v) is 5.13. The van der Waals surface area contributed by atoms with Gasteiger partial charge < -0.3 is 47.1 Å². The number of aliphatic hydroxyl groups excluding tert-OH is 3. The second-order valence-electron chi connectivity index (χ2n) is 10.6. The minimum absolute atomic E-state index is 0. The lowest BCUT2D eigenvalue weighted by Gasteiger charge is -2.23. The van der Waals surface area contributed by atoms with Gasteiger partial charge in [-0.25, -0.2) is 24.7 Å². The molecule has 5 aromatic rings. The Labute approximate surface area is 283 Å². The average Bonchev–Trinajstić information content (AvgIpc) is 3.86. The van der Waals surface area contributed by atoms with Crippen molar-refractivity contribution >= 4 is 39.9 Å². The molecule has 0 radical (unpaired) electrons. The van der Waals surface area contributed by atoms with E-state index in [1.807, 2.05) is 0 Å². The molecule has 2 aliphatic heterocycles. The first-order valence-corrected chi connectivity index (χ1v) is 14.6. The number of alkyl halides is 4. The number of fused-ring (bicyclic) bond motifs is 2. The van der Waals surface area contributed by atoms with Crippen LogP contribution in [0, 0.1) is 0 Å². The van der Waals surface area contributed by atoms with Gasteiger partial charge in [0.1, 0.15) is 24.9 Å². The number of aromatic nitrogens is 10. The van der Waals surface area contributed by atoms with Gasteiger partial charge >= 0.3 is 17.8 Å². The summed E-state index contributed by atoms with van der Waals surface area (Å²) in [6, 6.07) is 7.91. The number of nitrogens with zero attached hydrogens (tertiary/aromatic N) is 10. The first-order valence-electron chi connectivity index (χ1n) is 14.6. The summed E-state index contributed by atoms with van der Waals surface area (Å²) in [5.74, 6) is -8.10. The third-order valence-electron chi connectivity index (χ3n) is 7.58. The molecule has 0 amide bonds. The lowest BCUT2D eigenvalue weighted by atomic mass is 10.1. The normalized spacial score (nSPS) is 24.6. The Bertz CT molecular complexity index is 1940. The number of nitrogen functional groups attached to an aromatic ring is 2. The predicted molar refractivity (Wildman–Crippen MR) is 165 cm³/mol. The van der Waals surface area contributed by atoms with Crippen LogP contribution in [0.3, 0.4) is 0 Å². The molecular weight excluding hydrogens is 694 g/mol. The molecule has 7 rings (SSSR count). The Kier molecular flexibility index (Phi) is 11.6. The van der Waals surface area contributed by atoms with Crippen LogP contribution in [0.2, 0.25) is 0 Å². The molecule has 2 fully saturated rings. The number of carbonyl (C=O) groups is 1. The SMILES string of the molecule is CC[C@H]1O[C@@H](n2nnc3c(N)ncnc32)C(F)(F)[C@@H]1OC(=O)c1ccccc1.CO.N.Nc1ncnc2c1nnn2[C@@H]1O[C@H](CO)[C@@H](O)C1(F)F. The van der Waals surface area contributed by atoms with Gasteiger partial charge in [0.25, 0.3) is 0 Å². The summed E-state index contributed by atoms with van der Waals surface area (Å²) < 4.78 is 75.5. The number of halogens is 4. The Hall–Kier alpha value is -5.27. The van der Waals surface area contributed by atoms with Crippen molar-refractivity contribution in [3.05, 3.63) is 48.5 Å². The first-order chi connectivity index (χ1) is 23.9. The van der Waals surface area contributed by atoms with Crippen molar-refractivity contribution < 1.29 is 51.9 Å². The molecule has 276 valence electrons. The van der Waals surface area contributed by atoms with E-state index in [-0.39, 0.29) is 52.1 Å². The zero-order valence-corrected chi connectivity index (χ0v) is 26.7. The quantitative estimate of drug-likeness (QED) is 0.102. The zero-order chi connectivity index (χ0) is 36.4. The van der Waals surface area contributed by atoms with E-state index in [2.05, 4.69) is 40.6 Å². The molecule has 1 aromatic carbocycles. The second kappa shape index (κ2) is 15.3. The summed E-state index contributed by atoms with van der Waals surface area (Å²) in [5, 5.41) is 40.0. The summed E-state index contributed by atoms with van der Waals surface area (Å²) in [6.07, 6.45) is -7.81. The van der Waals surface area contributed by atoms with E-state index >= 15 is 8.78 Å². The van der Waals surface area contributed by atoms with Crippen molar-refractivity contribution in [1.82, 2.24) is 56.1 Å². The van der Waals surface area contributed by atoms with Gasteiger partial charge in [-0.2, -0.15) is 26.9 Å². The van der Waals surface area contributed by atoms with E-state index in [1.54, 1.807) is 25.1 Å². The van der Waals surface area contributed by atoms with Crippen LogP contribution >= 0.6 is 0 Å². The maximum Gasteiger partial charge on any atom is 0.338 e. The minimum Gasteiger partial charge on any atom is -0.449 e. The van der Waals surface area contributed by atoms with Crippen LogP contribution in [-0.4, -0.2) is 121 Å². The van der Waals surface area contributed by atoms with Gasteiger partial charge in [-0.1, -0.05) is 35.5 Å². The standard InChI is InChI=1S/C17H16F2N6O3.C9H10F2N6O3.CH4O.H3N/c1-2-10-12(28-15(26)9-6-4-3-5-7-9)17(18,19)16(27-10)25-14-11(23-24-25)13(20)21-8-22-14;10-9(11)5(19)3(1-18)20-8(9)17-7-4(15-16-17)6(12)13-2-14-7;1-2;/h3-8,10,12,16H,2H2,1H3,(H2,20,21,22);2-3,5,8,18-19H,1H2,(H2,12,13,14);2H,1H3;1H3/t10-,12-,16-;3-,5-,8-;;/m11../s1. The van der Waals surface area contributed by atoms with Crippen LogP contribution in [0.4, 0.5) is 29.2 Å². The van der Waals surface area contributed by atoms with Crippen LogP contribution in [0.5, 0.6) is 0 Å². The van der Waals surface area contributed by atoms with Gasteiger partial charge in [0.15, 0.2) is 46.2 Å². The first kappa shape index (κ1) is 38.5. The largest absolute Gasteiger partial charge is 0.449 e. The number of nitrogens with two attached hydrogens (primary N) is 2. The van der Waals surface area contributed by atoms with Crippen LogP contribution < -0.4 is 17.6 Å². The molecule has 6 atom stereocenters. The van der Waals surface area contributed by atoms with Crippen LogP contribution in [-0.2, 0) is 14.2 Å². The van der Waals surface area contributed by atoms with Gasteiger partial charge in [-0.15, -0.1) is 10.2 Å². The maximum absolute atomic E-state index is 15.2. The highest BCUT2D eigenvalue weighted by atomic mass is 19.3. The smallest absolute Gasteiger partial charge is 0.338 e. The minimum atomic E-state index is -3.66. The number of ether oxygens (including phenoxy) is 3. The highest BCUT2D eigenvalue weighted by Gasteiger charge is 2.63. The van der Waals surface area contributed by atoms with Crippen molar-refractivity contribution in [2.45, 2.75) is 62.1 Å². The molecular formula is C27H33F4N13O7. The van der Waals surface area contributed by atoms with Crippen LogP contribution in [0.1, 0.15) is 36.2 Å². The molecule has 24 heteroatoms. The van der Waals surface area contributed by atoms with E-state index in [0.717, 1.165) is 24.4 Å². The number of benzene rings is 1. The predicted octanol–water partition coefficient (Wildman–Crippen LogP) is 0.432. The number of hydrogen-bond acceptors (Lipinski definition) is 18. The van der Waals surface area contributed by atoms with Gasteiger partial charge in [0.2, 0.25) is 12.5 Å². The fraction of sp³-hybridized carbons (Fsp3) is 0.444. The fourth-order valence-electron chi connectivity index (χ4n) is 5.13. The number of carbonyl (C=O) groups excluding carboxylic acids is 1. The molecule has 0 aliphatic carbocycles. The maximum atomic E-state index is 15.2. The van der Waals surface area contributed by atoms with Gasteiger partial charge in [0.05, 0.1) is 12.2 Å². The van der Waals surface area contributed by atoms with Gasteiger partial charge in [-0.05, 0) is 18.6 Å². The molecule has 0 bridgehead atoms. The zero-order valence-electron chi connectivity index (χ0n) is 26.7. The third kappa shape index (κ3) is 6.91. The van der Waals surface area contributed by atoms with E-state index in [1.165, 1.54) is 12.1 Å². The van der Waals surface area contributed by atoms with Crippen molar-refractivity contribution in [2.75, 3.05) is 25.2 Å². The van der Waals surface area contributed by atoms with Crippen molar-refractivity contribution in [2.24, 2.45) is 0 Å². The van der Waals surface area contributed by atoms with E-state index < -0.39 is 61.3 Å². The summed E-state index contributed by atoms with van der Waals surface area (Å²) in [4.78, 5) is 27.4. The number of rotatable bonds is 6. The highest BCUT2D eigenvalue weighted by Crippen LogP contribution is 2.46. The number of hydrogen-bond donors (Lipinski definition) is 6. The van der Waals surface area contributed by atoms with Crippen molar-refractivity contribution in [3.63, 3.8) is 0 Å². The Morgan fingerprint density at radius 1 is 0.863 bits per heavy atom. The number of aliphatic hydroxyl groups is 3. The lowest BCUT2D eigenvalue weighted by molar-refractivity contribution is -0.144. The second-order valence-corrected chi connectivity index (χ2v) is 10.6. The summed E-state index contributed by atoms with van der Waals surface area (Å²) >= 11 is 0. The molecule has 51 heavy (non-hydrogen) atoms. The Morgan fingerprint density at radius 3 is 1.82 bits per heavy atom. The van der Waals surface area contributed by atoms with E-state index in [4.69, 9.17) is 35.9 Å². The van der Waals surface area contributed by atoms with E-state index in [0.29, 0.717) is 4.68 Å². The molecule has 0 unspecified atom stereocenters. The molecule has 20 nitrogen and oxygen atoms in total. The topological polar surface area (TPSA) is 305 Å². The Morgan fingerprint density at radius 2 is 1.35 bits per heavy atom. The van der Waals surface area contributed by atoms with Crippen LogP contribution in [0.25, 0.3) is 22.3 Å². The van der Waals surface area contributed by atoms with Gasteiger partial charge in [-0.3, -0.25) is 0 Å². The van der Waals surface area contributed by atoms with Gasteiger partial charge in [0, 0.05) is 7.11 Å². The molecule has 10 N–H and O–H groups in total. The molecule has 2 aliphatic rings. The molecule has 0 saturated carbocycles. The Balaban J connectivity index is 0.000000224. The lowest BCUT2D eigenvalue weighted by Crippen LogP contribution is -2.42. The molecule has 0 spiro atoms.